The third-order valence-corrected chi connectivity index (χ3v) is 4.78. The SMILES string of the molecule is O=C1CCC(N2C(=O)c3ccc(NCc4ccccc4)cc3C2=O)C(=O)N1.[HH].[HH]. The first-order chi connectivity index (χ1) is 13.0. The van der Waals surface area contributed by atoms with E-state index in [1.165, 1.54) is 0 Å². The highest BCUT2D eigenvalue weighted by Crippen LogP contribution is 2.29. The molecule has 4 amide bonds. The van der Waals surface area contributed by atoms with Crippen molar-refractivity contribution in [2.24, 2.45) is 0 Å². The molecule has 2 aromatic rings. The number of fused-ring (bicyclic) bond motifs is 1. The van der Waals surface area contributed by atoms with E-state index in [0.29, 0.717) is 12.2 Å². The van der Waals surface area contributed by atoms with Crippen molar-refractivity contribution in [2.75, 3.05) is 5.32 Å². The third kappa shape index (κ3) is 3.08. The van der Waals surface area contributed by atoms with Crippen LogP contribution in [-0.2, 0) is 16.1 Å². The number of carbonyl (C=O) groups excluding carboxylic acids is 4. The van der Waals surface area contributed by atoms with Gasteiger partial charge in [0.25, 0.3) is 11.8 Å². The smallest absolute Gasteiger partial charge is 0.262 e. The molecule has 1 unspecified atom stereocenters. The molecule has 7 heteroatoms. The number of hydrogen-bond donors (Lipinski definition) is 2. The molecule has 0 spiro atoms. The van der Waals surface area contributed by atoms with Gasteiger partial charge in [0.05, 0.1) is 11.1 Å². The van der Waals surface area contributed by atoms with Crippen molar-refractivity contribution in [1.82, 2.24) is 10.2 Å². The molecule has 0 saturated carbocycles. The quantitative estimate of drug-likeness (QED) is 0.808. The molecule has 2 heterocycles. The van der Waals surface area contributed by atoms with Crippen LogP contribution >= 0.6 is 0 Å². The second-order valence-electron chi connectivity index (χ2n) is 6.55. The van der Waals surface area contributed by atoms with Crippen LogP contribution in [0, 0.1) is 0 Å². The fraction of sp³-hybridized carbons (Fsp3) is 0.200. The van der Waals surface area contributed by atoms with Gasteiger partial charge in [0.2, 0.25) is 11.8 Å². The van der Waals surface area contributed by atoms with Gasteiger partial charge in [-0.2, -0.15) is 0 Å². The summed E-state index contributed by atoms with van der Waals surface area (Å²) in [4.78, 5) is 49.8. The lowest BCUT2D eigenvalue weighted by Gasteiger charge is -2.27. The van der Waals surface area contributed by atoms with Gasteiger partial charge < -0.3 is 5.32 Å². The molecule has 2 aliphatic rings. The fourth-order valence-electron chi connectivity index (χ4n) is 3.38. The molecule has 140 valence electrons. The first-order valence-electron chi connectivity index (χ1n) is 8.68. The van der Waals surface area contributed by atoms with Gasteiger partial charge in [-0.1, -0.05) is 30.3 Å². The first-order valence-corrected chi connectivity index (χ1v) is 8.68. The second kappa shape index (κ2) is 6.68. The van der Waals surface area contributed by atoms with Gasteiger partial charge in [0.15, 0.2) is 0 Å². The van der Waals surface area contributed by atoms with Gasteiger partial charge in [-0.25, -0.2) is 0 Å². The van der Waals surface area contributed by atoms with Gasteiger partial charge in [0, 0.05) is 21.5 Å². The van der Waals surface area contributed by atoms with Crippen LogP contribution in [0.2, 0.25) is 0 Å². The standard InChI is InChI=1S/C20H17N3O4.2H2/c24-17-9-8-16(18(25)22-17)23-19(26)14-7-6-13(10-15(14)20(23)27)21-11-12-4-2-1-3-5-12;;/h1-7,10,16,21H,8-9,11H2,(H,22,24,25);2*1H. The number of imide groups is 2. The summed E-state index contributed by atoms with van der Waals surface area (Å²) >= 11 is 0. The van der Waals surface area contributed by atoms with Crippen molar-refractivity contribution in [3.63, 3.8) is 0 Å². The van der Waals surface area contributed by atoms with Crippen LogP contribution in [0.1, 0.15) is 42.0 Å². The Bertz CT molecular complexity index is 965. The zero-order valence-corrected chi connectivity index (χ0v) is 14.4. The van der Waals surface area contributed by atoms with E-state index in [9.17, 15) is 19.2 Å². The predicted octanol–water partition coefficient (Wildman–Crippen LogP) is 2.19. The average molecular weight is 367 g/mol. The molecule has 1 fully saturated rings. The molecule has 27 heavy (non-hydrogen) atoms. The number of anilines is 1. The first kappa shape index (κ1) is 17.0. The summed E-state index contributed by atoms with van der Waals surface area (Å²) in [5.74, 6) is -2.00. The maximum Gasteiger partial charge on any atom is 0.262 e. The third-order valence-electron chi connectivity index (χ3n) is 4.78. The summed E-state index contributed by atoms with van der Waals surface area (Å²) in [7, 11) is 0. The van der Waals surface area contributed by atoms with Crippen LogP contribution in [0.3, 0.4) is 0 Å². The lowest BCUT2D eigenvalue weighted by Crippen LogP contribution is -2.54. The number of rotatable bonds is 4. The Morgan fingerprint density at radius 2 is 1.74 bits per heavy atom. The molecular formula is C20H21N3O4. The molecule has 2 aliphatic heterocycles. The van der Waals surface area contributed by atoms with Crippen LogP contribution in [0.4, 0.5) is 5.69 Å². The molecular weight excluding hydrogens is 346 g/mol. The summed E-state index contributed by atoms with van der Waals surface area (Å²) in [6.07, 6.45) is 0.253. The van der Waals surface area contributed by atoms with Crippen molar-refractivity contribution in [2.45, 2.75) is 25.4 Å². The van der Waals surface area contributed by atoms with Gasteiger partial charge in [-0.15, -0.1) is 0 Å². The molecule has 2 aromatic carbocycles. The topological polar surface area (TPSA) is 95.6 Å². The molecule has 0 aliphatic carbocycles. The number of hydrogen-bond acceptors (Lipinski definition) is 5. The van der Waals surface area contributed by atoms with Crippen molar-refractivity contribution in [1.29, 1.82) is 0 Å². The lowest BCUT2D eigenvalue weighted by atomic mass is 10.0. The highest BCUT2D eigenvalue weighted by Gasteiger charge is 2.44. The number of benzene rings is 2. The van der Waals surface area contributed by atoms with Crippen molar-refractivity contribution >= 4 is 29.3 Å². The van der Waals surface area contributed by atoms with E-state index in [-0.39, 0.29) is 32.7 Å². The number of carbonyl (C=O) groups is 4. The molecule has 1 atom stereocenters. The number of amides is 4. The minimum absolute atomic E-state index is 0. The van der Waals surface area contributed by atoms with Gasteiger partial charge >= 0.3 is 0 Å². The van der Waals surface area contributed by atoms with Gasteiger partial charge in [0.1, 0.15) is 6.04 Å². The summed E-state index contributed by atoms with van der Waals surface area (Å²) in [5, 5.41) is 5.42. The molecule has 7 nitrogen and oxygen atoms in total. The highest BCUT2D eigenvalue weighted by molar-refractivity contribution is 6.23. The van der Waals surface area contributed by atoms with Gasteiger partial charge in [-0.05, 0) is 30.2 Å². The lowest BCUT2D eigenvalue weighted by molar-refractivity contribution is -0.136. The zero-order chi connectivity index (χ0) is 19.0. The summed E-state index contributed by atoms with van der Waals surface area (Å²) in [5.41, 5.74) is 2.34. The van der Waals surface area contributed by atoms with Crippen LogP contribution < -0.4 is 10.6 Å². The zero-order valence-electron chi connectivity index (χ0n) is 14.4. The Kier molecular flexibility index (Phi) is 4.19. The Labute approximate surface area is 158 Å². The minimum atomic E-state index is -0.948. The van der Waals surface area contributed by atoms with Crippen LogP contribution in [0.15, 0.2) is 48.5 Å². The molecule has 4 rings (SSSR count). The average Bonchev–Trinajstić information content (AvgIpc) is 2.92. The maximum atomic E-state index is 12.8. The summed E-state index contributed by atoms with van der Waals surface area (Å²) < 4.78 is 0. The van der Waals surface area contributed by atoms with E-state index < -0.39 is 23.8 Å². The minimum Gasteiger partial charge on any atom is -0.381 e. The molecule has 0 aromatic heterocycles. The summed E-state index contributed by atoms with van der Waals surface area (Å²) in [6.45, 7) is 0.582. The van der Waals surface area contributed by atoms with E-state index in [2.05, 4.69) is 10.6 Å². The predicted molar refractivity (Wildman–Crippen MR) is 101 cm³/mol. The van der Waals surface area contributed by atoms with E-state index >= 15 is 0 Å². The van der Waals surface area contributed by atoms with Crippen molar-refractivity contribution in [3.05, 3.63) is 65.2 Å². The number of nitrogens with zero attached hydrogens (tertiary/aromatic N) is 1. The van der Waals surface area contributed by atoms with E-state index in [1.807, 2.05) is 30.3 Å². The van der Waals surface area contributed by atoms with E-state index in [1.54, 1.807) is 18.2 Å². The van der Waals surface area contributed by atoms with Crippen LogP contribution in [-0.4, -0.2) is 34.6 Å². The normalized spacial score (nSPS) is 19.1. The van der Waals surface area contributed by atoms with E-state index in [4.69, 9.17) is 0 Å². The maximum absolute atomic E-state index is 12.8. The molecule has 1 saturated heterocycles. The van der Waals surface area contributed by atoms with Crippen LogP contribution in [0.5, 0.6) is 0 Å². The Morgan fingerprint density at radius 1 is 1.00 bits per heavy atom. The van der Waals surface area contributed by atoms with Crippen molar-refractivity contribution < 1.29 is 22.0 Å². The molecule has 2 N–H and O–H groups in total. The number of nitrogens with one attached hydrogen (secondary N) is 2. The number of piperidine rings is 1. The molecule has 0 radical (unpaired) electrons. The Hall–Kier alpha value is -3.48. The summed E-state index contributed by atoms with van der Waals surface area (Å²) in [6, 6.07) is 13.8. The fourth-order valence-corrected chi connectivity index (χ4v) is 3.38. The highest BCUT2D eigenvalue weighted by atomic mass is 16.2. The second-order valence-corrected chi connectivity index (χ2v) is 6.55. The van der Waals surface area contributed by atoms with Gasteiger partial charge in [-0.3, -0.25) is 29.4 Å². The van der Waals surface area contributed by atoms with Crippen LogP contribution in [0.25, 0.3) is 0 Å². The monoisotopic (exact) mass is 367 g/mol. The van der Waals surface area contributed by atoms with Crippen molar-refractivity contribution in [3.8, 4) is 0 Å². The Morgan fingerprint density at radius 3 is 2.48 bits per heavy atom. The largest absolute Gasteiger partial charge is 0.381 e. The molecule has 0 bridgehead atoms. The Balaban J connectivity index is 0.00000150. The van der Waals surface area contributed by atoms with E-state index in [0.717, 1.165) is 10.5 Å².